The van der Waals surface area contributed by atoms with Crippen molar-refractivity contribution < 1.29 is 9.59 Å². The lowest BCUT2D eigenvalue weighted by Crippen LogP contribution is -2.39. The molecule has 3 aromatic rings. The van der Waals surface area contributed by atoms with Crippen LogP contribution in [0.3, 0.4) is 0 Å². The number of hydrogen-bond donors (Lipinski definition) is 1. The van der Waals surface area contributed by atoms with Gasteiger partial charge in [0.2, 0.25) is 11.8 Å². The lowest BCUT2D eigenvalue weighted by molar-refractivity contribution is -0.132. The Hall–Kier alpha value is -3.26. The van der Waals surface area contributed by atoms with Crippen LogP contribution in [0.4, 0.5) is 0 Å². The van der Waals surface area contributed by atoms with Crippen LogP contribution >= 0.6 is 11.3 Å². The van der Waals surface area contributed by atoms with Gasteiger partial charge in [0.25, 0.3) is 0 Å². The third kappa shape index (κ3) is 6.39. The number of benzene rings is 1. The molecule has 0 atom stereocenters. The second kappa shape index (κ2) is 10.3. The molecule has 0 unspecified atom stereocenters. The number of hydrogen-bond acceptors (Lipinski definition) is 5. The summed E-state index contributed by atoms with van der Waals surface area (Å²) in [5, 5.41) is 12.9. The van der Waals surface area contributed by atoms with Crippen LogP contribution in [-0.2, 0) is 22.7 Å². The third-order valence-corrected chi connectivity index (χ3v) is 5.08. The molecule has 0 saturated carbocycles. The smallest absolute Gasteiger partial charge is 0.247 e. The van der Waals surface area contributed by atoms with Gasteiger partial charge >= 0.3 is 0 Å². The van der Waals surface area contributed by atoms with E-state index in [4.69, 9.17) is 0 Å². The standard InChI is InChI=1S/C21H23N5O2S/c1-2-25(16-20(27)22-13-19-9-6-12-29-19)21(28)11-10-18-15-26(24-23-18)14-17-7-4-3-5-8-17/h3-12,15H,2,13-14,16H2,1H3,(H,22,27). The molecule has 7 nitrogen and oxygen atoms in total. The van der Waals surface area contributed by atoms with Crippen LogP contribution in [0.2, 0.25) is 0 Å². The van der Waals surface area contributed by atoms with Crippen LogP contribution < -0.4 is 5.32 Å². The van der Waals surface area contributed by atoms with E-state index in [1.165, 1.54) is 11.0 Å². The van der Waals surface area contributed by atoms with Gasteiger partial charge in [-0.3, -0.25) is 9.59 Å². The molecule has 0 fully saturated rings. The quantitative estimate of drug-likeness (QED) is 0.551. The predicted octanol–water partition coefficient (Wildman–Crippen LogP) is 2.57. The highest BCUT2D eigenvalue weighted by Gasteiger charge is 2.13. The van der Waals surface area contributed by atoms with Crippen molar-refractivity contribution in [3.63, 3.8) is 0 Å². The summed E-state index contributed by atoms with van der Waals surface area (Å²) in [5.41, 5.74) is 1.71. The summed E-state index contributed by atoms with van der Waals surface area (Å²) in [5.74, 6) is -0.424. The molecule has 0 radical (unpaired) electrons. The normalized spacial score (nSPS) is 10.9. The Morgan fingerprint density at radius 2 is 2.03 bits per heavy atom. The summed E-state index contributed by atoms with van der Waals surface area (Å²) in [6.45, 7) is 3.39. The molecule has 0 spiro atoms. The van der Waals surface area contributed by atoms with E-state index in [2.05, 4.69) is 15.6 Å². The van der Waals surface area contributed by atoms with E-state index in [0.29, 0.717) is 25.3 Å². The van der Waals surface area contributed by atoms with Crippen LogP contribution in [-0.4, -0.2) is 44.8 Å². The number of likely N-dealkylation sites (N-methyl/N-ethyl adjacent to an activating group) is 1. The Labute approximate surface area is 173 Å². The first-order chi connectivity index (χ1) is 14.1. The van der Waals surface area contributed by atoms with E-state index in [0.717, 1.165) is 10.4 Å². The van der Waals surface area contributed by atoms with Crippen molar-refractivity contribution in [2.45, 2.75) is 20.0 Å². The molecule has 2 amide bonds. The number of carbonyl (C=O) groups excluding carboxylic acids is 2. The minimum atomic E-state index is -0.239. The summed E-state index contributed by atoms with van der Waals surface area (Å²) < 4.78 is 1.72. The van der Waals surface area contributed by atoms with Gasteiger partial charge in [0.15, 0.2) is 0 Å². The molecule has 0 aliphatic carbocycles. The van der Waals surface area contributed by atoms with E-state index < -0.39 is 0 Å². The first-order valence-electron chi connectivity index (χ1n) is 9.34. The summed E-state index contributed by atoms with van der Waals surface area (Å²) in [6.07, 6.45) is 4.82. The highest BCUT2D eigenvalue weighted by molar-refractivity contribution is 7.09. The van der Waals surface area contributed by atoms with Gasteiger partial charge in [0.05, 0.1) is 25.8 Å². The third-order valence-electron chi connectivity index (χ3n) is 4.21. The topological polar surface area (TPSA) is 80.1 Å². The van der Waals surface area contributed by atoms with E-state index >= 15 is 0 Å². The summed E-state index contributed by atoms with van der Waals surface area (Å²) in [7, 11) is 0. The molecule has 0 bridgehead atoms. The lowest BCUT2D eigenvalue weighted by atomic mass is 10.2. The monoisotopic (exact) mass is 409 g/mol. The maximum Gasteiger partial charge on any atom is 0.247 e. The average Bonchev–Trinajstić information content (AvgIpc) is 3.41. The maximum atomic E-state index is 12.4. The summed E-state index contributed by atoms with van der Waals surface area (Å²) in [4.78, 5) is 27.1. The van der Waals surface area contributed by atoms with Crippen molar-refractivity contribution in [1.82, 2.24) is 25.2 Å². The first kappa shape index (κ1) is 20.5. The molecule has 29 heavy (non-hydrogen) atoms. The molecule has 150 valence electrons. The molecular weight excluding hydrogens is 386 g/mol. The number of nitrogens with zero attached hydrogens (tertiary/aromatic N) is 4. The molecule has 8 heteroatoms. The number of amides is 2. The van der Waals surface area contributed by atoms with Crippen LogP contribution in [0.5, 0.6) is 0 Å². The Balaban J connectivity index is 1.50. The number of thiophene rings is 1. The fraction of sp³-hybridized carbons (Fsp3) is 0.238. The van der Waals surface area contributed by atoms with Crippen molar-refractivity contribution in [2.75, 3.05) is 13.1 Å². The maximum absolute atomic E-state index is 12.4. The van der Waals surface area contributed by atoms with Gasteiger partial charge in [-0.15, -0.1) is 16.4 Å². The second-order valence-electron chi connectivity index (χ2n) is 6.37. The van der Waals surface area contributed by atoms with Gasteiger partial charge in [-0.1, -0.05) is 41.6 Å². The van der Waals surface area contributed by atoms with E-state index in [1.807, 2.05) is 54.8 Å². The zero-order valence-corrected chi connectivity index (χ0v) is 17.0. The van der Waals surface area contributed by atoms with E-state index in [9.17, 15) is 9.59 Å². The minimum absolute atomic E-state index is 0.0196. The Morgan fingerprint density at radius 3 is 2.76 bits per heavy atom. The minimum Gasteiger partial charge on any atom is -0.350 e. The first-order valence-corrected chi connectivity index (χ1v) is 10.2. The molecule has 3 rings (SSSR count). The van der Waals surface area contributed by atoms with Crippen molar-refractivity contribution in [3.05, 3.63) is 76.3 Å². The zero-order chi connectivity index (χ0) is 20.5. The zero-order valence-electron chi connectivity index (χ0n) is 16.2. The van der Waals surface area contributed by atoms with E-state index in [-0.39, 0.29) is 18.4 Å². The number of nitrogens with one attached hydrogen (secondary N) is 1. The molecule has 0 aliphatic rings. The molecule has 0 saturated heterocycles. The fourth-order valence-corrected chi connectivity index (χ4v) is 3.32. The van der Waals surface area contributed by atoms with Crippen LogP contribution in [0.25, 0.3) is 6.08 Å². The van der Waals surface area contributed by atoms with Gasteiger partial charge in [0.1, 0.15) is 5.69 Å². The SMILES string of the molecule is CCN(CC(=O)NCc1cccs1)C(=O)C=Cc1cn(Cc2ccccc2)nn1. The molecular formula is C21H23N5O2S. The highest BCUT2D eigenvalue weighted by Crippen LogP contribution is 2.07. The molecule has 2 heterocycles. The number of aromatic nitrogens is 3. The van der Waals surface area contributed by atoms with Gasteiger partial charge in [0, 0.05) is 17.5 Å². The summed E-state index contributed by atoms with van der Waals surface area (Å²) >= 11 is 1.58. The second-order valence-corrected chi connectivity index (χ2v) is 7.40. The van der Waals surface area contributed by atoms with Crippen molar-refractivity contribution in [3.8, 4) is 0 Å². The van der Waals surface area contributed by atoms with Crippen LogP contribution in [0.1, 0.15) is 23.1 Å². The van der Waals surface area contributed by atoms with Gasteiger partial charge < -0.3 is 10.2 Å². The number of carbonyl (C=O) groups is 2. The highest BCUT2D eigenvalue weighted by atomic mass is 32.1. The number of rotatable bonds is 9. The van der Waals surface area contributed by atoms with Gasteiger partial charge in [-0.05, 0) is 30.0 Å². The van der Waals surface area contributed by atoms with Gasteiger partial charge in [-0.25, -0.2) is 4.68 Å². The van der Waals surface area contributed by atoms with Gasteiger partial charge in [-0.2, -0.15) is 0 Å². The Kier molecular flexibility index (Phi) is 7.29. The average molecular weight is 410 g/mol. The molecule has 1 aromatic carbocycles. The van der Waals surface area contributed by atoms with Crippen molar-refractivity contribution in [2.24, 2.45) is 0 Å². The molecule has 0 aliphatic heterocycles. The van der Waals surface area contributed by atoms with Crippen LogP contribution in [0.15, 0.2) is 60.1 Å². The summed E-state index contributed by atoms with van der Waals surface area (Å²) in [6, 6.07) is 13.8. The van der Waals surface area contributed by atoms with Crippen molar-refractivity contribution >= 4 is 29.2 Å². The largest absolute Gasteiger partial charge is 0.350 e. The Morgan fingerprint density at radius 1 is 1.21 bits per heavy atom. The van der Waals surface area contributed by atoms with E-state index in [1.54, 1.807) is 28.3 Å². The van der Waals surface area contributed by atoms with Crippen molar-refractivity contribution in [1.29, 1.82) is 0 Å². The lowest BCUT2D eigenvalue weighted by Gasteiger charge is -2.18. The Bertz CT molecular complexity index is 951. The van der Waals surface area contributed by atoms with Crippen LogP contribution in [0, 0.1) is 0 Å². The predicted molar refractivity (Wildman–Crippen MR) is 113 cm³/mol. The molecule has 1 N–H and O–H groups in total. The fourth-order valence-electron chi connectivity index (χ4n) is 2.67. The molecule has 2 aromatic heterocycles.